The molecule has 0 bridgehead atoms. The van der Waals surface area contributed by atoms with E-state index in [1.807, 2.05) is 6.07 Å². The van der Waals surface area contributed by atoms with Gasteiger partial charge in [-0.15, -0.1) is 0 Å². The summed E-state index contributed by atoms with van der Waals surface area (Å²) in [5, 5.41) is 4.43. The van der Waals surface area contributed by atoms with Crippen molar-refractivity contribution in [1.82, 2.24) is 5.32 Å². The summed E-state index contributed by atoms with van der Waals surface area (Å²) in [5.41, 5.74) is -0.143. The monoisotopic (exact) mass is 259 g/mol. The Morgan fingerprint density at radius 3 is 2.75 bits per heavy atom. The Kier molecular flexibility index (Phi) is 3.63. The molecule has 1 N–H and O–H groups in total. The molecule has 1 unspecified atom stereocenters. The van der Waals surface area contributed by atoms with Crippen LogP contribution >= 0.6 is 23.2 Å². The van der Waals surface area contributed by atoms with Crippen LogP contribution in [0.2, 0.25) is 10.0 Å². The number of piperidine rings is 1. The first-order valence-corrected chi connectivity index (χ1v) is 6.19. The molecule has 88 valence electrons. The summed E-state index contributed by atoms with van der Waals surface area (Å²) < 4.78 is 5.97. The van der Waals surface area contributed by atoms with Gasteiger partial charge in [-0.3, -0.25) is 0 Å². The van der Waals surface area contributed by atoms with Gasteiger partial charge in [-0.1, -0.05) is 23.2 Å². The Hall–Kier alpha value is -0.440. The third-order valence-corrected chi connectivity index (χ3v) is 3.55. The minimum Gasteiger partial charge on any atom is -0.486 e. The van der Waals surface area contributed by atoms with Crippen LogP contribution in [0.25, 0.3) is 0 Å². The minimum atomic E-state index is -0.143. The maximum absolute atomic E-state index is 5.97. The summed E-state index contributed by atoms with van der Waals surface area (Å²) in [5.74, 6) is 0.778. The van der Waals surface area contributed by atoms with Crippen molar-refractivity contribution < 1.29 is 4.74 Å². The maximum atomic E-state index is 5.97. The van der Waals surface area contributed by atoms with Crippen molar-refractivity contribution in [2.45, 2.75) is 25.4 Å². The molecule has 4 heteroatoms. The van der Waals surface area contributed by atoms with Crippen LogP contribution in [0.5, 0.6) is 5.75 Å². The predicted molar refractivity (Wildman–Crippen MR) is 67.6 cm³/mol. The van der Waals surface area contributed by atoms with Crippen LogP contribution in [0, 0.1) is 0 Å². The van der Waals surface area contributed by atoms with Crippen LogP contribution in [0.15, 0.2) is 18.2 Å². The van der Waals surface area contributed by atoms with Crippen LogP contribution in [-0.2, 0) is 0 Å². The number of hydrogen-bond donors (Lipinski definition) is 1. The quantitative estimate of drug-likeness (QED) is 0.878. The average molecular weight is 260 g/mol. The highest BCUT2D eigenvalue weighted by molar-refractivity contribution is 6.42. The minimum absolute atomic E-state index is 0.143. The summed E-state index contributed by atoms with van der Waals surface area (Å²) in [6.07, 6.45) is 2.19. The lowest BCUT2D eigenvalue weighted by atomic mass is 9.96. The summed E-state index contributed by atoms with van der Waals surface area (Å²) >= 11 is 11.8. The molecule has 0 saturated carbocycles. The van der Waals surface area contributed by atoms with Gasteiger partial charge in [0.15, 0.2) is 0 Å². The zero-order valence-corrected chi connectivity index (χ0v) is 10.7. The summed E-state index contributed by atoms with van der Waals surface area (Å²) in [6, 6.07) is 5.39. The Morgan fingerprint density at radius 2 is 2.12 bits per heavy atom. The van der Waals surface area contributed by atoms with Gasteiger partial charge in [-0.2, -0.15) is 0 Å². The second-order valence-electron chi connectivity index (χ2n) is 4.41. The molecule has 2 nitrogen and oxygen atoms in total. The van der Waals surface area contributed by atoms with Gasteiger partial charge in [-0.05, 0) is 38.4 Å². The summed E-state index contributed by atoms with van der Waals surface area (Å²) in [7, 11) is 0. The molecule has 2 rings (SSSR count). The van der Waals surface area contributed by atoms with E-state index < -0.39 is 0 Å². The normalized spacial score (nSPS) is 25.4. The Bertz CT molecular complexity index is 375. The largest absolute Gasteiger partial charge is 0.486 e. The van der Waals surface area contributed by atoms with Crippen molar-refractivity contribution in [2.24, 2.45) is 0 Å². The van der Waals surface area contributed by atoms with Crippen molar-refractivity contribution in [3.05, 3.63) is 28.2 Å². The number of ether oxygens (including phenoxy) is 1. The van der Waals surface area contributed by atoms with Gasteiger partial charge in [0, 0.05) is 12.6 Å². The van der Waals surface area contributed by atoms with Crippen molar-refractivity contribution in [1.29, 1.82) is 0 Å². The van der Waals surface area contributed by atoms with E-state index >= 15 is 0 Å². The van der Waals surface area contributed by atoms with E-state index in [1.165, 1.54) is 0 Å². The highest BCUT2D eigenvalue weighted by atomic mass is 35.5. The number of nitrogens with one attached hydrogen (secondary N) is 1. The fourth-order valence-electron chi connectivity index (χ4n) is 1.94. The lowest BCUT2D eigenvalue weighted by Crippen LogP contribution is -2.47. The van der Waals surface area contributed by atoms with E-state index in [-0.39, 0.29) is 5.60 Å². The average Bonchev–Trinajstić information content (AvgIpc) is 2.24. The van der Waals surface area contributed by atoms with Crippen molar-refractivity contribution >= 4 is 23.2 Å². The summed E-state index contributed by atoms with van der Waals surface area (Å²) in [4.78, 5) is 0. The molecular formula is C12H15Cl2NO. The maximum Gasteiger partial charge on any atom is 0.121 e. The topological polar surface area (TPSA) is 21.3 Å². The first-order chi connectivity index (χ1) is 7.59. The first kappa shape index (κ1) is 12.0. The standard InChI is InChI=1S/C12H15Cl2NO/c1-12(5-2-6-15-8-12)16-9-3-4-10(13)11(14)7-9/h3-4,7,15H,2,5-6,8H2,1H3. The number of halogens is 2. The fraction of sp³-hybridized carbons (Fsp3) is 0.500. The number of benzene rings is 1. The summed E-state index contributed by atoms with van der Waals surface area (Å²) in [6.45, 7) is 4.05. The Balaban J connectivity index is 2.10. The first-order valence-electron chi connectivity index (χ1n) is 5.44. The van der Waals surface area contributed by atoms with Crippen LogP contribution in [-0.4, -0.2) is 18.7 Å². The van der Waals surface area contributed by atoms with E-state index in [4.69, 9.17) is 27.9 Å². The van der Waals surface area contributed by atoms with E-state index in [2.05, 4.69) is 12.2 Å². The van der Waals surface area contributed by atoms with Crippen LogP contribution in [0.3, 0.4) is 0 Å². The molecule has 1 heterocycles. The zero-order chi connectivity index (χ0) is 11.6. The Morgan fingerprint density at radius 1 is 1.31 bits per heavy atom. The SMILES string of the molecule is CC1(Oc2ccc(Cl)c(Cl)c2)CCCNC1. The van der Waals surface area contributed by atoms with Gasteiger partial charge in [-0.25, -0.2) is 0 Å². The molecule has 1 fully saturated rings. The van der Waals surface area contributed by atoms with Crippen LogP contribution in [0.4, 0.5) is 0 Å². The third kappa shape index (κ3) is 2.82. The van der Waals surface area contributed by atoms with Gasteiger partial charge < -0.3 is 10.1 Å². The molecule has 0 radical (unpaired) electrons. The van der Waals surface area contributed by atoms with Gasteiger partial charge in [0.2, 0.25) is 0 Å². The highest BCUT2D eigenvalue weighted by Gasteiger charge is 2.28. The van der Waals surface area contributed by atoms with Gasteiger partial charge in [0.1, 0.15) is 11.4 Å². The van der Waals surface area contributed by atoms with Crippen molar-refractivity contribution in [2.75, 3.05) is 13.1 Å². The Labute approximate surface area is 106 Å². The van der Waals surface area contributed by atoms with E-state index in [9.17, 15) is 0 Å². The predicted octanol–water partition coefficient (Wildman–Crippen LogP) is 3.51. The van der Waals surface area contributed by atoms with Gasteiger partial charge in [0.05, 0.1) is 10.0 Å². The molecule has 0 spiro atoms. The molecule has 1 atom stereocenters. The van der Waals surface area contributed by atoms with E-state index in [0.717, 1.165) is 31.7 Å². The highest BCUT2D eigenvalue weighted by Crippen LogP contribution is 2.30. The third-order valence-electron chi connectivity index (χ3n) is 2.81. The second-order valence-corrected chi connectivity index (χ2v) is 5.22. The molecular weight excluding hydrogens is 245 g/mol. The fourth-order valence-corrected chi connectivity index (χ4v) is 2.23. The number of hydrogen-bond acceptors (Lipinski definition) is 2. The molecule has 0 aromatic heterocycles. The number of rotatable bonds is 2. The zero-order valence-electron chi connectivity index (χ0n) is 9.22. The van der Waals surface area contributed by atoms with Crippen molar-refractivity contribution in [3.63, 3.8) is 0 Å². The molecule has 0 amide bonds. The molecule has 0 aliphatic carbocycles. The molecule has 1 aromatic rings. The molecule has 1 saturated heterocycles. The van der Waals surface area contributed by atoms with Crippen LogP contribution < -0.4 is 10.1 Å². The van der Waals surface area contributed by atoms with Gasteiger partial charge >= 0.3 is 0 Å². The van der Waals surface area contributed by atoms with Crippen LogP contribution in [0.1, 0.15) is 19.8 Å². The van der Waals surface area contributed by atoms with Gasteiger partial charge in [0.25, 0.3) is 0 Å². The van der Waals surface area contributed by atoms with E-state index in [1.54, 1.807) is 12.1 Å². The molecule has 1 aromatic carbocycles. The van der Waals surface area contributed by atoms with E-state index in [0.29, 0.717) is 10.0 Å². The lowest BCUT2D eigenvalue weighted by molar-refractivity contribution is 0.0615. The molecule has 16 heavy (non-hydrogen) atoms. The molecule has 1 aliphatic rings. The van der Waals surface area contributed by atoms with Crippen molar-refractivity contribution in [3.8, 4) is 5.75 Å². The molecule has 1 aliphatic heterocycles. The second kappa shape index (κ2) is 4.82. The lowest BCUT2D eigenvalue weighted by Gasteiger charge is -2.34. The smallest absolute Gasteiger partial charge is 0.121 e.